The van der Waals surface area contributed by atoms with Crippen molar-refractivity contribution in [3.63, 3.8) is 0 Å². The standard InChI is InChI=1S/C16H10F3N3OS/c17-11-2-1-9(12(18)7-11)6-15(23)22-16-21-13(8-24-16)10-3-4-20-14(19)5-10/h1-5,7-8H,6H2,(H,21,22,23). The first kappa shape index (κ1) is 16.1. The van der Waals surface area contributed by atoms with Crippen molar-refractivity contribution in [3.8, 4) is 11.3 Å². The largest absolute Gasteiger partial charge is 0.302 e. The van der Waals surface area contributed by atoms with Crippen LogP contribution in [0, 0.1) is 17.6 Å². The van der Waals surface area contributed by atoms with Crippen LogP contribution in [0.25, 0.3) is 11.3 Å². The van der Waals surface area contributed by atoms with Crippen LogP contribution in [0.4, 0.5) is 18.3 Å². The summed E-state index contributed by atoms with van der Waals surface area (Å²) < 4.78 is 39.5. The number of nitrogens with zero attached hydrogens (tertiary/aromatic N) is 2. The summed E-state index contributed by atoms with van der Waals surface area (Å²) in [5.74, 6) is -2.59. The number of amides is 1. The molecule has 3 aromatic rings. The quantitative estimate of drug-likeness (QED) is 0.729. The van der Waals surface area contributed by atoms with Crippen LogP contribution in [0.3, 0.4) is 0 Å². The van der Waals surface area contributed by atoms with Gasteiger partial charge < -0.3 is 5.32 Å². The fraction of sp³-hybridized carbons (Fsp3) is 0.0625. The molecule has 1 N–H and O–H groups in total. The average Bonchev–Trinajstić information content (AvgIpc) is 2.98. The van der Waals surface area contributed by atoms with Crippen molar-refractivity contribution in [3.05, 3.63) is 65.1 Å². The Labute approximate surface area is 139 Å². The van der Waals surface area contributed by atoms with E-state index in [2.05, 4.69) is 15.3 Å². The molecule has 0 aliphatic rings. The molecule has 0 radical (unpaired) electrons. The normalized spacial score (nSPS) is 10.6. The van der Waals surface area contributed by atoms with E-state index in [1.165, 1.54) is 18.3 Å². The van der Waals surface area contributed by atoms with Gasteiger partial charge in [0.05, 0.1) is 12.1 Å². The van der Waals surface area contributed by atoms with Crippen molar-refractivity contribution < 1.29 is 18.0 Å². The molecule has 0 saturated heterocycles. The second kappa shape index (κ2) is 6.79. The summed E-state index contributed by atoms with van der Waals surface area (Å²) >= 11 is 1.16. The summed E-state index contributed by atoms with van der Waals surface area (Å²) in [6, 6.07) is 5.86. The Morgan fingerprint density at radius 3 is 2.75 bits per heavy atom. The predicted molar refractivity (Wildman–Crippen MR) is 84.0 cm³/mol. The highest BCUT2D eigenvalue weighted by Gasteiger charge is 2.12. The first-order chi connectivity index (χ1) is 11.5. The molecule has 2 heterocycles. The molecule has 0 spiro atoms. The number of rotatable bonds is 4. The van der Waals surface area contributed by atoms with Gasteiger partial charge in [0.1, 0.15) is 11.6 Å². The fourth-order valence-corrected chi connectivity index (χ4v) is 2.76. The van der Waals surface area contributed by atoms with Crippen LogP contribution in [0.1, 0.15) is 5.56 Å². The minimum atomic E-state index is -0.780. The SMILES string of the molecule is O=C(Cc1ccc(F)cc1F)Nc1nc(-c2ccnc(F)c2)cs1. The Kier molecular flexibility index (Phi) is 4.57. The number of thiazole rings is 1. The van der Waals surface area contributed by atoms with Gasteiger partial charge in [-0.1, -0.05) is 6.07 Å². The summed E-state index contributed by atoms with van der Waals surface area (Å²) in [6.45, 7) is 0. The van der Waals surface area contributed by atoms with E-state index in [1.54, 1.807) is 11.4 Å². The van der Waals surface area contributed by atoms with Crippen molar-refractivity contribution in [1.29, 1.82) is 0 Å². The number of pyridine rings is 1. The average molecular weight is 349 g/mol. The van der Waals surface area contributed by atoms with Crippen molar-refractivity contribution in [2.24, 2.45) is 0 Å². The highest BCUT2D eigenvalue weighted by atomic mass is 32.1. The van der Waals surface area contributed by atoms with Gasteiger partial charge in [-0.2, -0.15) is 4.39 Å². The van der Waals surface area contributed by atoms with E-state index in [0.717, 1.165) is 23.5 Å². The summed E-state index contributed by atoms with van der Waals surface area (Å²) in [4.78, 5) is 19.6. The zero-order valence-corrected chi connectivity index (χ0v) is 12.9. The monoisotopic (exact) mass is 349 g/mol. The Hall–Kier alpha value is -2.74. The van der Waals surface area contributed by atoms with Crippen LogP contribution in [0.15, 0.2) is 41.9 Å². The predicted octanol–water partition coefficient (Wildman–Crippen LogP) is 3.80. The van der Waals surface area contributed by atoms with Gasteiger partial charge >= 0.3 is 0 Å². The number of benzene rings is 1. The topological polar surface area (TPSA) is 54.9 Å². The van der Waals surface area contributed by atoms with Crippen molar-refractivity contribution >= 4 is 22.4 Å². The zero-order chi connectivity index (χ0) is 17.1. The first-order valence-electron chi connectivity index (χ1n) is 6.82. The highest BCUT2D eigenvalue weighted by Crippen LogP contribution is 2.25. The molecule has 3 rings (SSSR count). The molecule has 0 bridgehead atoms. The van der Waals surface area contributed by atoms with Crippen LogP contribution in [-0.2, 0) is 11.2 Å². The van der Waals surface area contributed by atoms with Gasteiger partial charge in [0.2, 0.25) is 11.9 Å². The number of halogens is 3. The number of hydrogen-bond acceptors (Lipinski definition) is 4. The van der Waals surface area contributed by atoms with E-state index in [1.807, 2.05) is 0 Å². The third-order valence-electron chi connectivity index (χ3n) is 3.14. The number of nitrogens with one attached hydrogen (secondary N) is 1. The molecule has 0 unspecified atom stereocenters. The lowest BCUT2D eigenvalue weighted by molar-refractivity contribution is -0.115. The summed E-state index contributed by atoms with van der Waals surface area (Å²) in [6.07, 6.45) is 1.07. The maximum absolute atomic E-state index is 13.5. The van der Waals surface area contributed by atoms with E-state index < -0.39 is 23.5 Å². The van der Waals surface area contributed by atoms with Crippen LogP contribution in [-0.4, -0.2) is 15.9 Å². The minimum Gasteiger partial charge on any atom is -0.302 e. The van der Waals surface area contributed by atoms with Gasteiger partial charge in [0, 0.05) is 29.3 Å². The van der Waals surface area contributed by atoms with Crippen LogP contribution in [0.5, 0.6) is 0 Å². The molecule has 0 fully saturated rings. The van der Waals surface area contributed by atoms with Gasteiger partial charge in [0.15, 0.2) is 5.13 Å². The minimum absolute atomic E-state index is 0.0851. The molecular formula is C16H10F3N3OS. The maximum atomic E-state index is 13.5. The van der Waals surface area contributed by atoms with Crippen LogP contribution in [0.2, 0.25) is 0 Å². The molecule has 122 valence electrons. The summed E-state index contributed by atoms with van der Waals surface area (Å²) in [5, 5.41) is 4.49. The number of carbonyl (C=O) groups excluding carboxylic acids is 1. The molecule has 0 aliphatic carbocycles. The van der Waals surface area contributed by atoms with Crippen molar-refractivity contribution in [2.75, 3.05) is 5.32 Å². The number of hydrogen-bond donors (Lipinski definition) is 1. The highest BCUT2D eigenvalue weighted by molar-refractivity contribution is 7.14. The Balaban J connectivity index is 1.69. The molecule has 0 atom stereocenters. The molecule has 24 heavy (non-hydrogen) atoms. The lowest BCUT2D eigenvalue weighted by atomic mass is 10.1. The zero-order valence-electron chi connectivity index (χ0n) is 12.1. The van der Waals surface area contributed by atoms with Gasteiger partial charge in [-0.05, 0) is 17.7 Å². The lowest BCUT2D eigenvalue weighted by Gasteiger charge is -2.03. The smallest absolute Gasteiger partial charge is 0.230 e. The first-order valence-corrected chi connectivity index (χ1v) is 7.70. The van der Waals surface area contributed by atoms with Gasteiger partial charge in [-0.15, -0.1) is 11.3 Å². The van der Waals surface area contributed by atoms with E-state index in [-0.39, 0.29) is 12.0 Å². The maximum Gasteiger partial charge on any atom is 0.230 e. The van der Waals surface area contributed by atoms with E-state index in [9.17, 15) is 18.0 Å². The molecule has 2 aromatic heterocycles. The molecule has 1 amide bonds. The summed E-state index contributed by atoms with van der Waals surface area (Å²) in [5.41, 5.74) is 1.11. The van der Waals surface area contributed by atoms with Gasteiger partial charge in [-0.25, -0.2) is 18.7 Å². The Bertz CT molecular complexity index is 898. The van der Waals surface area contributed by atoms with E-state index in [0.29, 0.717) is 16.4 Å². The van der Waals surface area contributed by atoms with Crippen molar-refractivity contribution in [2.45, 2.75) is 6.42 Å². The second-order valence-corrected chi connectivity index (χ2v) is 5.72. The van der Waals surface area contributed by atoms with E-state index in [4.69, 9.17) is 0 Å². The molecule has 4 nitrogen and oxygen atoms in total. The molecule has 8 heteroatoms. The Morgan fingerprint density at radius 1 is 1.17 bits per heavy atom. The summed E-state index contributed by atoms with van der Waals surface area (Å²) in [7, 11) is 0. The van der Waals surface area contributed by atoms with Gasteiger partial charge in [0.25, 0.3) is 0 Å². The molecule has 0 saturated carbocycles. The third kappa shape index (κ3) is 3.77. The molecule has 0 aliphatic heterocycles. The van der Waals surface area contributed by atoms with Crippen molar-refractivity contribution in [1.82, 2.24) is 9.97 Å². The third-order valence-corrected chi connectivity index (χ3v) is 3.90. The van der Waals surface area contributed by atoms with Crippen LogP contribution < -0.4 is 5.32 Å². The molecular weight excluding hydrogens is 339 g/mol. The van der Waals surface area contributed by atoms with Crippen LogP contribution >= 0.6 is 11.3 Å². The fourth-order valence-electron chi connectivity index (χ4n) is 2.03. The molecule has 1 aromatic carbocycles. The second-order valence-electron chi connectivity index (χ2n) is 4.87. The number of carbonyl (C=O) groups is 1. The number of aromatic nitrogens is 2. The van der Waals surface area contributed by atoms with E-state index >= 15 is 0 Å². The van der Waals surface area contributed by atoms with Gasteiger partial charge in [-0.3, -0.25) is 4.79 Å². The number of anilines is 1. The Morgan fingerprint density at radius 2 is 2.00 bits per heavy atom. The lowest BCUT2D eigenvalue weighted by Crippen LogP contribution is -2.15.